The van der Waals surface area contributed by atoms with Gasteiger partial charge in [0, 0.05) is 33.7 Å². The Kier molecular flexibility index (Phi) is 9.19. The van der Waals surface area contributed by atoms with Crippen molar-refractivity contribution in [1.82, 2.24) is 0 Å². The van der Waals surface area contributed by atoms with Gasteiger partial charge in [0.15, 0.2) is 23.1 Å². The lowest BCUT2D eigenvalue weighted by Gasteiger charge is -2.44. The van der Waals surface area contributed by atoms with Gasteiger partial charge in [-0.2, -0.15) is 0 Å². The first-order chi connectivity index (χ1) is 28.2. The van der Waals surface area contributed by atoms with Gasteiger partial charge in [0.2, 0.25) is 23.6 Å². The fourth-order valence-electron chi connectivity index (χ4n) is 9.54. The molecule has 0 unspecified atom stereocenters. The van der Waals surface area contributed by atoms with Crippen LogP contribution in [0.1, 0.15) is 63.1 Å². The zero-order valence-electron chi connectivity index (χ0n) is 31.5. The van der Waals surface area contributed by atoms with Crippen LogP contribution in [-0.4, -0.2) is 46.9 Å². The van der Waals surface area contributed by atoms with E-state index in [1.54, 1.807) is 122 Å². The Bertz CT molecular complexity index is 2530. The number of phenols is 1. The molecule has 2 aliphatic carbocycles. The number of fused-ring (bicyclic) bond motifs is 4. The smallest absolute Gasteiger partial charge is 0.238 e. The molecular weight excluding hydrogens is 733 g/mol. The fraction of sp³-hybridized carbons (Fsp3) is 0.208. The fourth-order valence-corrected chi connectivity index (χ4v) is 9.54. The predicted octanol–water partition coefficient (Wildman–Crippen LogP) is 7.30. The molecule has 4 amide bonds. The van der Waals surface area contributed by atoms with E-state index in [2.05, 4.69) is 0 Å². The molecule has 5 aromatic carbocycles. The van der Waals surface area contributed by atoms with E-state index in [0.717, 1.165) is 10.5 Å². The van der Waals surface area contributed by atoms with Crippen LogP contribution < -0.4 is 14.5 Å². The van der Waals surface area contributed by atoms with Gasteiger partial charge in [-0.15, -0.1) is 0 Å². The van der Waals surface area contributed by atoms with Crippen LogP contribution >= 0.6 is 0 Å². The number of para-hydroxylation sites is 1. The van der Waals surface area contributed by atoms with Crippen molar-refractivity contribution in [2.75, 3.05) is 16.4 Å². The molecule has 2 aliphatic heterocycles. The standard InChI is InChI=1S/C48H38N2O8/c1-2-58-38-15-9-14-34(44(38)53)39-33-24-25-35-40(47(56)49(45(35)54)31-20-16-29(17-21-31)42(51)27-10-5-3-6-11-27)36(33)26-37-41(39)48(57)50(46(37)55)32-22-18-30(19-23-32)43(52)28-12-7-4-8-13-28/h3-24,35-37,39-41,53H,2,25-26H2,1H3/t35-,36+,37+,39+,40-,41+/m0/s1. The highest BCUT2D eigenvalue weighted by Gasteiger charge is 2.62. The molecule has 5 aromatic rings. The first-order valence-corrected chi connectivity index (χ1v) is 19.5. The number of phenolic OH excluding ortho intramolecular Hbond substituents is 1. The summed E-state index contributed by atoms with van der Waals surface area (Å²) in [6.07, 6.45) is 2.29. The number of hydrogen-bond acceptors (Lipinski definition) is 8. The molecule has 0 bridgehead atoms. The van der Waals surface area contributed by atoms with Crippen molar-refractivity contribution in [1.29, 1.82) is 0 Å². The van der Waals surface area contributed by atoms with Crippen LogP contribution in [0.25, 0.3) is 0 Å². The van der Waals surface area contributed by atoms with Gasteiger partial charge in [0.1, 0.15) is 0 Å². The van der Waals surface area contributed by atoms with E-state index < -0.39 is 53.2 Å². The van der Waals surface area contributed by atoms with Gasteiger partial charge < -0.3 is 9.84 Å². The molecule has 0 spiro atoms. The molecule has 4 aliphatic rings. The van der Waals surface area contributed by atoms with Crippen molar-refractivity contribution in [3.05, 3.63) is 167 Å². The monoisotopic (exact) mass is 770 g/mol. The van der Waals surface area contributed by atoms with Crippen molar-refractivity contribution in [3.8, 4) is 11.5 Å². The van der Waals surface area contributed by atoms with E-state index in [1.165, 1.54) is 4.90 Å². The number of carbonyl (C=O) groups is 6. The third-order valence-corrected chi connectivity index (χ3v) is 12.2. The van der Waals surface area contributed by atoms with Crippen LogP contribution in [0.3, 0.4) is 0 Å². The molecular formula is C48H38N2O8. The van der Waals surface area contributed by atoms with Crippen molar-refractivity contribution in [2.45, 2.75) is 25.7 Å². The highest BCUT2D eigenvalue weighted by Crippen LogP contribution is 2.60. The van der Waals surface area contributed by atoms with Crippen LogP contribution in [0.4, 0.5) is 11.4 Å². The van der Waals surface area contributed by atoms with Gasteiger partial charge >= 0.3 is 0 Å². The van der Waals surface area contributed by atoms with Gasteiger partial charge in [-0.3, -0.25) is 38.6 Å². The summed E-state index contributed by atoms with van der Waals surface area (Å²) in [6, 6.07) is 35.5. The molecule has 288 valence electrons. The van der Waals surface area contributed by atoms with Crippen LogP contribution in [-0.2, 0) is 19.2 Å². The number of carbonyl (C=O) groups excluding carboxylic acids is 6. The molecule has 6 atom stereocenters. The van der Waals surface area contributed by atoms with Crippen molar-refractivity contribution in [2.24, 2.45) is 29.6 Å². The lowest BCUT2D eigenvalue weighted by Crippen LogP contribution is -2.43. The molecule has 58 heavy (non-hydrogen) atoms. The van der Waals surface area contributed by atoms with Crippen LogP contribution in [0.2, 0.25) is 0 Å². The molecule has 0 aromatic heterocycles. The Morgan fingerprint density at radius 3 is 1.62 bits per heavy atom. The van der Waals surface area contributed by atoms with Gasteiger partial charge in [0.25, 0.3) is 0 Å². The number of ketones is 2. The van der Waals surface area contributed by atoms with Crippen molar-refractivity contribution in [3.63, 3.8) is 0 Å². The summed E-state index contributed by atoms with van der Waals surface area (Å²) in [7, 11) is 0. The van der Waals surface area contributed by atoms with E-state index in [-0.39, 0.29) is 48.4 Å². The van der Waals surface area contributed by atoms with Crippen LogP contribution in [0, 0.1) is 29.6 Å². The summed E-state index contributed by atoms with van der Waals surface area (Å²) in [6.45, 7) is 2.08. The van der Waals surface area contributed by atoms with E-state index in [1.807, 2.05) is 18.2 Å². The quantitative estimate of drug-likeness (QED) is 0.0937. The first-order valence-electron chi connectivity index (χ1n) is 19.5. The Balaban J connectivity index is 1.06. The number of anilines is 2. The summed E-state index contributed by atoms with van der Waals surface area (Å²) in [5, 5.41) is 11.7. The van der Waals surface area contributed by atoms with Gasteiger partial charge in [0.05, 0.1) is 41.7 Å². The number of aromatic hydroxyl groups is 1. The van der Waals surface area contributed by atoms with Crippen LogP contribution in [0.5, 0.6) is 11.5 Å². The molecule has 2 heterocycles. The molecule has 1 saturated carbocycles. The van der Waals surface area contributed by atoms with E-state index in [4.69, 9.17) is 4.74 Å². The maximum atomic E-state index is 14.7. The summed E-state index contributed by atoms with van der Waals surface area (Å²) in [5.74, 6) is -6.70. The van der Waals surface area contributed by atoms with Gasteiger partial charge in [-0.05, 0) is 80.3 Å². The second kappa shape index (κ2) is 14.5. The number of amides is 4. The maximum absolute atomic E-state index is 14.7. The Morgan fingerprint density at radius 2 is 1.09 bits per heavy atom. The normalized spacial score (nSPS) is 23.6. The molecule has 2 saturated heterocycles. The Hall–Kier alpha value is -6.94. The molecule has 1 N–H and O–H groups in total. The first kappa shape index (κ1) is 36.7. The number of ether oxygens (including phenoxy) is 1. The molecule has 9 rings (SSSR count). The Labute approximate surface area is 334 Å². The number of imide groups is 2. The lowest BCUT2D eigenvalue weighted by molar-refractivity contribution is -0.126. The minimum Gasteiger partial charge on any atom is -0.504 e. The number of hydrogen-bond donors (Lipinski definition) is 1. The predicted molar refractivity (Wildman–Crippen MR) is 214 cm³/mol. The number of benzene rings is 5. The second-order valence-electron chi connectivity index (χ2n) is 15.2. The molecule has 3 fully saturated rings. The third-order valence-electron chi connectivity index (χ3n) is 12.2. The Morgan fingerprint density at radius 1 is 0.586 bits per heavy atom. The van der Waals surface area contributed by atoms with Gasteiger partial charge in [-0.25, -0.2) is 0 Å². The number of rotatable bonds is 9. The molecule has 10 nitrogen and oxygen atoms in total. The average molecular weight is 771 g/mol. The summed E-state index contributed by atoms with van der Waals surface area (Å²) >= 11 is 0. The van der Waals surface area contributed by atoms with E-state index in [9.17, 15) is 33.9 Å². The highest BCUT2D eigenvalue weighted by atomic mass is 16.5. The van der Waals surface area contributed by atoms with E-state index >= 15 is 0 Å². The molecule has 10 heteroatoms. The van der Waals surface area contributed by atoms with Gasteiger partial charge in [-0.1, -0.05) is 84.4 Å². The maximum Gasteiger partial charge on any atom is 0.238 e. The number of nitrogens with zero attached hydrogens (tertiary/aromatic N) is 2. The summed E-state index contributed by atoms with van der Waals surface area (Å²) < 4.78 is 5.74. The lowest BCUT2D eigenvalue weighted by atomic mass is 9.57. The number of allylic oxidation sites excluding steroid dienone is 2. The zero-order valence-corrected chi connectivity index (χ0v) is 31.5. The highest BCUT2D eigenvalue weighted by molar-refractivity contribution is 6.24. The topological polar surface area (TPSA) is 138 Å². The SMILES string of the molecule is CCOc1cccc([C@H]2C3=CC[C@@H]4C(=O)N(c5ccc(C(=O)c6ccccc6)cc5)C(=O)[C@@H]4[C@@H]3C[C@H]3C(=O)N(c4ccc(C(=O)c5ccccc5)cc4)C(=O)[C@@H]23)c1O. The summed E-state index contributed by atoms with van der Waals surface area (Å²) in [5.41, 5.74) is 3.61. The third kappa shape index (κ3) is 5.86. The van der Waals surface area contributed by atoms with E-state index in [0.29, 0.717) is 39.2 Å². The zero-order chi connectivity index (χ0) is 40.2. The summed E-state index contributed by atoms with van der Waals surface area (Å²) in [4.78, 5) is 86.5. The van der Waals surface area contributed by atoms with Crippen molar-refractivity contribution < 1.29 is 38.6 Å². The average Bonchev–Trinajstić information content (AvgIpc) is 3.67. The minimum atomic E-state index is -0.919. The second-order valence-corrected chi connectivity index (χ2v) is 15.2. The minimum absolute atomic E-state index is 0.142. The van der Waals surface area contributed by atoms with Crippen LogP contribution in [0.15, 0.2) is 139 Å². The van der Waals surface area contributed by atoms with Crippen molar-refractivity contribution >= 4 is 46.6 Å². The largest absolute Gasteiger partial charge is 0.504 e. The molecule has 0 radical (unpaired) electrons.